The number of aliphatic hydroxyl groups is 1. The molecule has 0 bridgehead atoms. The van der Waals surface area contributed by atoms with E-state index in [-0.39, 0.29) is 24.6 Å². The Labute approximate surface area is 119 Å². The SMILES string of the molecule is CC1(C(=O)N[C@H](CO)Cc2ccccc2)COCC1N. The summed E-state index contributed by atoms with van der Waals surface area (Å²) in [5.41, 5.74) is 6.29. The molecule has 1 aliphatic heterocycles. The molecule has 2 unspecified atom stereocenters. The van der Waals surface area contributed by atoms with E-state index >= 15 is 0 Å². The molecule has 5 heteroatoms. The van der Waals surface area contributed by atoms with Gasteiger partial charge in [0.25, 0.3) is 0 Å². The molecule has 1 heterocycles. The zero-order valence-electron chi connectivity index (χ0n) is 11.7. The number of hydrogen-bond acceptors (Lipinski definition) is 4. The van der Waals surface area contributed by atoms with Crippen LogP contribution in [0.4, 0.5) is 0 Å². The minimum atomic E-state index is -0.718. The van der Waals surface area contributed by atoms with Gasteiger partial charge in [0.2, 0.25) is 5.91 Å². The fourth-order valence-corrected chi connectivity index (χ4v) is 2.33. The van der Waals surface area contributed by atoms with Crippen molar-refractivity contribution in [2.24, 2.45) is 11.1 Å². The van der Waals surface area contributed by atoms with E-state index in [9.17, 15) is 9.90 Å². The van der Waals surface area contributed by atoms with Crippen LogP contribution in [0.2, 0.25) is 0 Å². The monoisotopic (exact) mass is 278 g/mol. The average molecular weight is 278 g/mol. The van der Waals surface area contributed by atoms with Crippen molar-refractivity contribution in [3.8, 4) is 0 Å². The Morgan fingerprint density at radius 2 is 2.25 bits per heavy atom. The van der Waals surface area contributed by atoms with Crippen LogP contribution in [0.3, 0.4) is 0 Å². The first-order valence-electron chi connectivity index (χ1n) is 6.85. The van der Waals surface area contributed by atoms with E-state index in [4.69, 9.17) is 10.5 Å². The Morgan fingerprint density at radius 1 is 1.55 bits per heavy atom. The van der Waals surface area contributed by atoms with Gasteiger partial charge < -0.3 is 20.9 Å². The molecule has 5 nitrogen and oxygen atoms in total. The van der Waals surface area contributed by atoms with Gasteiger partial charge in [-0.2, -0.15) is 0 Å². The number of nitrogens with two attached hydrogens (primary N) is 1. The lowest BCUT2D eigenvalue weighted by Gasteiger charge is -2.28. The highest BCUT2D eigenvalue weighted by molar-refractivity contribution is 5.83. The molecule has 1 saturated heterocycles. The third-order valence-electron chi connectivity index (χ3n) is 3.92. The summed E-state index contributed by atoms with van der Waals surface area (Å²) in [5, 5.41) is 12.3. The maximum atomic E-state index is 12.4. The largest absolute Gasteiger partial charge is 0.394 e. The first-order chi connectivity index (χ1) is 9.56. The van der Waals surface area contributed by atoms with Gasteiger partial charge in [0.15, 0.2) is 0 Å². The molecule has 0 aliphatic carbocycles. The number of amides is 1. The second-order valence-corrected chi connectivity index (χ2v) is 5.58. The van der Waals surface area contributed by atoms with Crippen LogP contribution in [0.15, 0.2) is 30.3 Å². The lowest BCUT2D eigenvalue weighted by Crippen LogP contribution is -2.53. The summed E-state index contributed by atoms with van der Waals surface area (Å²) in [7, 11) is 0. The molecule has 0 spiro atoms. The minimum absolute atomic E-state index is 0.104. The first kappa shape index (κ1) is 15.0. The Kier molecular flexibility index (Phi) is 4.75. The molecule has 2 rings (SSSR count). The topological polar surface area (TPSA) is 84.6 Å². The number of aliphatic hydroxyl groups excluding tert-OH is 1. The molecular formula is C15H22N2O3. The summed E-state index contributed by atoms with van der Waals surface area (Å²) in [5.74, 6) is -0.155. The van der Waals surface area contributed by atoms with Crippen LogP contribution in [0.1, 0.15) is 12.5 Å². The molecule has 110 valence electrons. The van der Waals surface area contributed by atoms with E-state index < -0.39 is 5.41 Å². The third-order valence-corrected chi connectivity index (χ3v) is 3.92. The zero-order valence-corrected chi connectivity index (χ0v) is 11.7. The maximum absolute atomic E-state index is 12.4. The van der Waals surface area contributed by atoms with Crippen molar-refractivity contribution in [2.75, 3.05) is 19.8 Å². The molecule has 0 aromatic heterocycles. The van der Waals surface area contributed by atoms with Gasteiger partial charge in [-0.3, -0.25) is 4.79 Å². The first-order valence-corrected chi connectivity index (χ1v) is 6.85. The number of rotatable bonds is 5. The van der Waals surface area contributed by atoms with E-state index in [1.54, 1.807) is 6.92 Å². The average Bonchev–Trinajstić information content (AvgIpc) is 2.80. The Bertz CT molecular complexity index is 452. The second-order valence-electron chi connectivity index (χ2n) is 5.58. The van der Waals surface area contributed by atoms with Crippen LogP contribution in [-0.4, -0.2) is 42.9 Å². The Morgan fingerprint density at radius 3 is 2.80 bits per heavy atom. The van der Waals surface area contributed by atoms with Crippen LogP contribution in [0.5, 0.6) is 0 Å². The standard InChI is InChI=1S/C15H22N2O3/c1-15(10-20-9-13(15)16)14(19)17-12(8-18)7-11-5-3-2-4-6-11/h2-6,12-13,18H,7-10,16H2,1H3,(H,17,19)/t12-,13?,15?/m0/s1. The molecule has 1 aromatic carbocycles. The van der Waals surface area contributed by atoms with Gasteiger partial charge in [-0.25, -0.2) is 0 Å². The van der Waals surface area contributed by atoms with Gasteiger partial charge in [0.05, 0.1) is 31.3 Å². The van der Waals surface area contributed by atoms with Crippen LogP contribution >= 0.6 is 0 Å². The smallest absolute Gasteiger partial charge is 0.230 e. The van der Waals surface area contributed by atoms with Gasteiger partial charge in [-0.1, -0.05) is 30.3 Å². The fraction of sp³-hybridized carbons (Fsp3) is 0.533. The second kappa shape index (κ2) is 6.35. The molecule has 20 heavy (non-hydrogen) atoms. The van der Waals surface area contributed by atoms with Crippen LogP contribution in [0.25, 0.3) is 0 Å². The van der Waals surface area contributed by atoms with E-state index in [0.717, 1.165) is 5.56 Å². The summed E-state index contributed by atoms with van der Waals surface area (Å²) in [6, 6.07) is 9.14. The minimum Gasteiger partial charge on any atom is -0.394 e. The fourth-order valence-electron chi connectivity index (χ4n) is 2.33. The van der Waals surface area contributed by atoms with Crippen LogP contribution < -0.4 is 11.1 Å². The van der Waals surface area contributed by atoms with Crippen molar-refractivity contribution in [2.45, 2.75) is 25.4 Å². The molecule has 4 N–H and O–H groups in total. The molecule has 1 amide bonds. The number of carbonyl (C=O) groups excluding carboxylic acids is 1. The number of benzene rings is 1. The van der Waals surface area contributed by atoms with Crippen molar-refractivity contribution in [1.82, 2.24) is 5.32 Å². The molecule has 3 atom stereocenters. The Balaban J connectivity index is 1.98. The van der Waals surface area contributed by atoms with Crippen molar-refractivity contribution in [1.29, 1.82) is 0 Å². The summed E-state index contributed by atoms with van der Waals surface area (Å²) < 4.78 is 5.28. The summed E-state index contributed by atoms with van der Waals surface area (Å²) in [6.07, 6.45) is 0.593. The van der Waals surface area contributed by atoms with E-state index in [0.29, 0.717) is 19.6 Å². The van der Waals surface area contributed by atoms with Gasteiger partial charge in [0, 0.05) is 6.04 Å². The van der Waals surface area contributed by atoms with Gasteiger partial charge >= 0.3 is 0 Å². The van der Waals surface area contributed by atoms with Gasteiger partial charge in [-0.05, 0) is 18.9 Å². The summed E-state index contributed by atoms with van der Waals surface area (Å²) >= 11 is 0. The predicted octanol–water partition coefficient (Wildman–Crippen LogP) is 0.0700. The van der Waals surface area contributed by atoms with E-state index in [1.807, 2.05) is 30.3 Å². The van der Waals surface area contributed by atoms with E-state index in [2.05, 4.69) is 5.32 Å². The Hall–Kier alpha value is -1.43. The summed E-state index contributed by atoms with van der Waals surface area (Å²) in [6.45, 7) is 2.42. The van der Waals surface area contributed by atoms with Gasteiger partial charge in [0.1, 0.15) is 0 Å². The van der Waals surface area contributed by atoms with E-state index in [1.165, 1.54) is 0 Å². The lowest BCUT2D eigenvalue weighted by molar-refractivity contribution is -0.131. The summed E-state index contributed by atoms with van der Waals surface area (Å²) in [4.78, 5) is 12.4. The normalized spacial score (nSPS) is 27.2. The molecule has 1 fully saturated rings. The lowest BCUT2D eigenvalue weighted by atomic mass is 9.84. The van der Waals surface area contributed by atoms with Crippen molar-refractivity contribution in [3.63, 3.8) is 0 Å². The van der Waals surface area contributed by atoms with Crippen molar-refractivity contribution < 1.29 is 14.6 Å². The molecular weight excluding hydrogens is 256 g/mol. The number of hydrogen-bond donors (Lipinski definition) is 3. The molecule has 0 saturated carbocycles. The molecule has 1 aromatic rings. The van der Waals surface area contributed by atoms with Crippen LogP contribution in [-0.2, 0) is 16.0 Å². The highest BCUT2D eigenvalue weighted by Gasteiger charge is 2.44. The van der Waals surface area contributed by atoms with Gasteiger partial charge in [-0.15, -0.1) is 0 Å². The highest BCUT2D eigenvalue weighted by atomic mass is 16.5. The highest BCUT2D eigenvalue weighted by Crippen LogP contribution is 2.27. The maximum Gasteiger partial charge on any atom is 0.230 e. The molecule has 0 radical (unpaired) electrons. The number of ether oxygens (including phenoxy) is 1. The zero-order chi connectivity index (χ0) is 14.6. The predicted molar refractivity (Wildman–Crippen MR) is 76.1 cm³/mol. The van der Waals surface area contributed by atoms with Crippen molar-refractivity contribution in [3.05, 3.63) is 35.9 Å². The van der Waals surface area contributed by atoms with Crippen molar-refractivity contribution >= 4 is 5.91 Å². The third kappa shape index (κ3) is 3.17. The molecule has 1 aliphatic rings. The number of carbonyl (C=O) groups is 1. The number of nitrogens with one attached hydrogen (secondary N) is 1. The van der Waals surface area contributed by atoms with Crippen LogP contribution in [0, 0.1) is 5.41 Å². The quantitative estimate of drug-likeness (QED) is 0.711.